The largest absolute Gasteiger partial charge is 0.497 e. The fraction of sp³-hybridized carbons (Fsp3) is 0.0769. The number of rotatable bonds is 3. The van der Waals surface area contributed by atoms with Crippen molar-refractivity contribution in [2.45, 2.75) is 0 Å². The summed E-state index contributed by atoms with van der Waals surface area (Å²) in [6.07, 6.45) is 0. The minimum atomic E-state index is 0.647. The van der Waals surface area contributed by atoms with E-state index in [9.17, 15) is 0 Å². The predicted molar refractivity (Wildman–Crippen MR) is 79.4 cm³/mol. The third-order valence-electron chi connectivity index (χ3n) is 2.65. The highest BCUT2D eigenvalue weighted by Crippen LogP contribution is 2.31. The molecule has 19 heavy (non-hydrogen) atoms. The van der Waals surface area contributed by atoms with Gasteiger partial charge in [0.25, 0.3) is 0 Å². The molecule has 0 atom stereocenters. The van der Waals surface area contributed by atoms with Gasteiger partial charge in [0, 0.05) is 10.0 Å². The summed E-state index contributed by atoms with van der Waals surface area (Å²) in [6.45, 7) is 0. The van der Waals surface area contributed by atoms with Crippen LogP contribution in [-0.4, -0.2) is 22.3 Å². The van der Waals surface area contributed by atoms with Crippen LogP contribution in [0.1, 0.15) is 0 Å². The molecular weight excluding hydrogens is 326 g/mol. The molecule has 2 aromatic heterocycles. The molecular formula is C13H10BrN3OS. The first kappa shape index (κ1) is 12.4. The quantitative estimate of drug-likeness (QED) is 0.787. The molecule has 96 valence electrons. The van der Waals surface area contributed by atoms with E-state index < -0.39 is 0 Å². The van der Waals surface area contributed by atoms with Crippen LogP contribution in [0.25, 0.3) is 22.1 Å². The number of ether oxygens (including phenoxy) is 1. The van der Waals surface area contributed by atoms with E-state index in [0.29, 0.717) is 5.82 Å². The molecule has 0 aliphatic rings. The van der Waals surface area contributed by atoms with Gasteiger partial charge < -0.3 is 4.74 Å². The monoisotopic (exact) mass is 335 g/mol. The summed E-state index contributed by atoms with van der Waals surface area (Å²) >= 11 is 5.13. The standard InChI is InChI=1S/C13H10BrN3OS/c1-18-8-4-5-10(14)9(7-8)12-15-13(17-16-12)11-3-2-6-19-11/h2-7H,1H3,(H,15,16,17). The first-order valence-corrected chi connectivity index (χ1v) is 7.25. The number of methoxy groups -OCH3 is 1. The number of hydrogen-bond acceptors (Lipinski definition) is 4. The second-order valence-corrected chi connectivity index (χ2v) is 5.63. The zero-order valence-electron chi connectivity index (χ0n) is 10.1. The van der Waals surface area contributed by atoms with Crippen LogP contribution in [0.4, 0.5) is 0 Å². The average molecular weight is 336 g/mol. The Morgan fingerprint density at radius 2 is 2.21 bits per heavy atom. The molecule has 0 fully saturated rings. The smallest absolute Gasteiger partial charge is 0.182 e. The van der Waals surface area contributed by atoms with Crippen LogP contribution >= 0.6 is 27.3 Å². The van der Waals surface area contributed by atoms with Crippen LogP contribution in [-0.2, 0) is 0 Å². The maximum Gasteiger partial charge on any atom is 0.182 e. The van der Waals surface area contributed by atoms with Gasteiger partial charge in [0.15, 0.2) is 11.6 Å². The Hall–Kier alpha value is -1.66. The van der Waals surface area contributed by atoms with E-state index in [1.54, 1.807) is 18.4 Å². The van der Waals surface area contributed by atoms with E-state index in [1.165, 1.54) is 0 Å². The number of nitrogens with zero attached hydrogens (tertiary/aromatic N) is 2. The molecule has 0 amide bonds. The molecule has 4 nitrogen and oxygen atoms in total. The topological polar surface area (TPSA) is 50.8 Å². The molecule has 1 aromatic carbocycles. The highest BCUT2D eigenvalue weighted by atomic mass is 79.9. The summed E-state index contributed by atoms with van der Waals surface area (Å²) in [6, 6.07) is 9.72. The molecule has 6 heteroatoms. The minimum Gasteiger partial charge on any atom is -0.497 e. The van der Waals surface area contributed by atoms with Crippen molar-refractivity contribution in [3.05, 3.63) is 40.2 Å². The van der Waals surface area contributed by atoms with Gasteiger partial charge in [-0.3, -0.25) is 5.10 Å². The zero-order valence-corrected chi connectivity index (χ0v) is 12.5. The van der Waals surface area contributed by atoms with E-state index >= 15 is 0 Å². The number of hydrogen-bond donors (Lipinski definition) is 1. The van der Waals surface area contributed by atoms with Crippen molar-refractivity contribution >= 4 is 27.3 Å². The minimum absolute atomic E-state index is 0.647. The second-order valence-electron chi connectivity index (χ2n) is 3.83. The molecule has 0 unspecified atom stereocenters. The van der Waals surface area contributed by atoms with Gasteiger partial charge in [-0.1, -0.05) is 22.0 Å². The Balaban J connectivity index is 2.03. The summed E-state index contributed by atoms with van der Waals surface area (Å²) in [7, 11) is 1.64. The van der Waals surface area contributed by atoms with Crippen LogP contribution < -0.4 is 4.74 Å². The summed E-state index contributed by atoms with van der Waals surface area (Å²) in [5.74, 6) is 2.20. The van der Waals surface area contributed by atoms with Gasteiger partial charge in [-0.05, 0) is 29.6 Å². The fourth-order valence-electron chi connectivity index (χ4n) is 1.71. The Bertz CT molecular complexity index is 694. The van der Waals surface area contributed by atoms with Crippen molar-refractivity contribution < 1.29 is 4.74 Å². The zero-order chi connectivity index (χ0) is 13.2. The lowest BCUT2D eigenvalue weighted by Gasteiger charge is -2.03. The number of aromatic amines is 1. The van der Waals surface area contributed by atoms with Crippen molar-refractivity contribution in [1.82, 2.24) is 15.2 Å². The van der Waals surface area contributed by atoms with E-state index in [4.69, 9.17) is 4.74 Å². The van der Waals surface area contributed by atoms with Crippen molar-refractivity contribution in [2.24, 2.45) is 0 Å². The van der Waals surface area contributed by atoms with Crippen molar-refractivity contribution in [3.8, 4) is 27.8 Å². The number of benzene rings is 1. The molecule has 2 heterocycles. The van der Waals surface area contributed by atoms with Crippen LogP contribution in [0.15, 0.2) is 40.2 Å². The summed E-state index contributed by atoms with van der Waals surface area (Å²) in [5.41, 5.74) is 0.901. The van der Waals surface area contributed by atoms with Crippen LogP contribution in [0.3, 0.4) is 0 Å². The summed E-state index contributed by atoms with van der Waals surface area (Å²) < 4.78 is 6.16. The molecule has 0 radical (unpaired) electrons. The number of nitrogens with one attached hydrogen (secondary N) is 1. The SMILES string of the molecule is COc1ccc(Br)c(-c2n[nH]c(-c3cccs3)n2)c1. The van der Waals surface area contributed by atoms with Crippen molar-refractivity contribution in [2.75, 3.05) is 7.11 Å². The van der Waals surface area contributed by atoms with E-state index in [1.807, 2.05) is 35.7 Å². The first-order valence-electron chi connectivity index (χ1n) is 5.58. The lowest BCUT2D eigenvalue weighted by Crippen LogP contribution is -1.87. The molecule has 0 saturated heterocycles. The van der Waals surface area contributed by atoms with Gasteiger partial charge in [-0.2, -0.15) is 5.10 Å². The molecule has 1 N–H and O–H groups in total. The van der Waals surface area contributed by atoms with Gasteiger partial charge in [0.2, 0.25) is 0 Å². The fourth-order valence-corrected chi connectivity index (χ4v) is 2.80. The third-order valence-corrected chi connectivity index (χ3v) is 4.22. The molecule has 3 rings (SSSR count). The summed E-state index contributed by atoms with van der Waals surface area (Å²) in [4.78, 5) is 5.58. The van der Waals surface area contributed by atoms with E-state index in [-0.39, 0.29) is 0 Å². The normalized spacial score (nSPS) is 10.6. The Kier molecular flexibility index (Phi) is 3.35. The van der Waals surface area contributed by atoms with Gasteiger partial charge in [0.1, 0.15) is 5.75 Å². The highest BCUT2D eigenvalue weighted by Gasteiger charge is 2.12. The van der Waals surface area contributed by atoms with Crippen LogP contribution in [0.2, 0.25) is 0 Å². The Labute approximate surface area is 122 Å². The summed E-state index contributed by atoms with van der Waals surface area (Å²) in [5, 5.41) is 9.24. The molecule has 0 bridgehead atoms. The van der Waals surface area contributed by atoms with Gasteiger partial charge >= 0.3 is 0 Å². The number of H-pyrrole nitrogens is 1. The Morgan fingerprint density at radius 3 is 2.95 bits per heavy atom. The maximum absolute atomic E-state index is 5.23. The lowest BCUT2D eigenvalue weighted by molar-refractivity contribution is 0.415. The van der Waals surface area contributed by atoms with E-state index in [2.05, 4.69) is 31.1 Å². The van der Waals surface area contributed by atoms with E-state index in [0.717, 1.165) is 26.5 Å². The van der Waals surface area contributed by atoms with Crippen LogP contribution in [0.5, 0.6) is 5.75 Å². The van der Waals surface area contributed by atoms with Gasteiger partial charge in [-0.25, -0.2) is 4.98 Å². The molecule has 3 aromatic rings. The lowest BCUT2D eigenvalue weighted by atomic mass is 10.2. The van der Waals surface area contributed by atoms with Crippen molar-refractivity contribution in [1.29, 1.82) is 0 Å². The van der Waals surface area contributed by atoms with Crippen LogP contribution in [0, 0.1) is 0 Å². The molecule has 0 aliphatic carbocycles. The first-order chi connectivity index (χ1) is 9.28. The third kappa shape index (κ3) is 2.41. The van der Waals surface area contributed by atoms with Gasteiger partial charge in [-0.15, -0.1) is 11.3 Å². The molecule has 0 aliphatic heterocycles. The number of halogens is 1. The predicted octanol–water partition coefficient (Wildman–Crippen LogP) is 3.97. The number of thiophene rings is 1. The molecule has 0 spiro atoms. The van der Waals surface area contributed by atoms with Gasteiger partial charge in [0.05, 0.1) is 12.0 Å². The molecule has 0 saturated carbocycles. The highest BCUT2D eigenvalue weighted by molar-refractivity contribution is 9.10. The second kappa shape index (κ2) is 5.14. The number of aromatic nitrogens is 3. The maximum atomic E-state index is 5.23. The Morgan fingerprint density at radius 1 is 1.32 bits per heavy atom. The van der Waals surface area contributed by atoms with Crippen molar-refractivity contribution in [3.63, 3.8) is 0 Å². The average Bonchev–Trinajstić information content (AvgIpc) is 3.10.